The Morgan fingerprint density at radius 3 is 1.65 bits per heavy atom. The van der Waals surface area contributed by atoms with Crippen LogP contribution in [-0.2, 0) is 26.4 Å². The monoisotopic (exact) mass is 664 g/mol. The molecule has 0 bridgehead atoms. The molecule has 2 aliphatic heterocycles. The van der Waals surface area contributed by atoms with Crippen LogP contribution in [0.25, 0.3) is 11.1 Å². The summed E-state index contributed by atoms with van der Waals surface area (Å²) in [7, 11) is 0. The van der Waals surface area contributed by atoms with Gasteiger partial charge in [-0.3, -0.25) is 0 Å². The van der Waals surface area contributed by atoms with Crippen LogP contribution in [-0.4, -0.2) is 45.6 Å². The van der Waals surface area contributed by atoms with E-state index in [4.69, 9.17) is 33.5 Å². The molecule has 7 rings (SSSR count). The lowest BCUT2D eigenvalue weighted by Crippen LogP contribution is -2.46. The highest BCUT2D eigenvalue weighted by molar-refractivity contribution is 5.91. The fourth-order valence-corrected chi connectivity index (χ4v) is 6.55. The second kappa shape index (κ2) is 13.5. The molecule has 2 heterocycles. The van der Waals surface area contributed by atoms with Gasteiger partial charge in [-0.25, -0.2) is 4.79 Å². The molecule has 2 saturated heterocycles. The number of carbonyl (C=O) groups excluding carboxylic acids is 1. The van der Waals surface area contributed by atoms with E-state index in [-0.39, 0.29) is 16.2 Å². The topological polar surface area (TPSA) is 81.7 Å². The molecule has 0 atom stereocenters. The number of hydrogen-bond donors (Lipinski definition) is 0. The summed E-state index contributed by atoms with van der Waals surface area (Å²) in [5.74, 6) is 2.26. The van der Waals surface area contributed by atoms with Gasteiger partial charge in [-0.15, -0.1) is 0 Å². The molecule has 0 amide bonds. The van der Waals surface area contributed by atoms with Crippen LogP contribution in [0.4, 0.5) is 0 Å². The second-order valence-electron chi connectivity index (χ2n) is 14.2. The number of carbonyl (C=O) groups is 1. The van der Waals surface area contributed by atoms with Crippen LogP contribution >= 0.6 is 0 Å². The number of ether oxygens (including phenoxy) is 5. The molecule has 4 aromatic carbocycles. The van der Waals surface area contributed by atoms with Gasteiger partial charge in [0.1, 0.15) is 23.9 Å². The quantitative estimate of drug-likeness (QED) is 0.0576. The van der Waals surface area contributed by atoms with E-state index in [0.29, 0.717) is 36.9 Å². The van der Waals surface area contributed by atoms with E-state index in [1.54, 1.807) is 12.1 Å². The maximum absolute atomic E-state index is 13.1. The maximum atomic E-state index is 13.1. The van der Waals surface area contributed by atoms with Crippen molar-refractivity contribution in [3.05, 3.63) is 107 Å². The average molecular weight is 665 g/mol. The van der Waals surface area contributed by atoms with Crippen molar-refractivity contribution in [3.63, 3.8) is 0 Å². The molecule has 4 aromatic rings. The zero-order valence-electron chi connectivity index (χ0n) is 28.7. The molecule has 0 N–H and O–H groups in total. The van der Waals surface area contributed by atoms with Crippen LogP contribution in [0.1, 0.15) is 67.6 Å². The Hall–Kier alpha value is -4.37. The lowest BCUT2D eigenvalue weighted by molar-refractivity contribution is -0.217. The van der Waals surface area contributed by atoms with Crippen molar-refractivity contribution in [1.29, 1.82) is 0 Å². The van der Waals surface area contributed by atoms with Gasteiger partial charge in [0.15, 0.2) is 5.75 Å². The van der Waals surface area contributed by atoms with Gasteiger partial charge >= 0.3 is 5.97 Å². The summed E-state index contributed by atoms with van der Waals surface area (Å²) in [6.07, 6.45) is 2.05. The Bertz CT molecular complexity index is 1770. The Kier molecular flexibility index (Phi) is 9.13. The van der Waals surface area contributed by atoms with Crippen molar-refractivity contribution >= 4 is 5.97 Å². The molecule has 1 aliphatic carbocycles. The van der Waals surface area contributed by atoms with Crippen LogP contribution in [0, 0.1) is 10.8 Å². The molecule has 49 heavy (non-hydrogen) atoms. The van der Waals surface area contributed by atoms with Gasteiger partial charge in [-0.2, -0.15) is 4.89 Å². The molecule has 2 fully saturated rings. The first-order valence-electron chi connectivity index (χ1n) is 17.1. The SMILES string of the molecule is CCC1(COc2ccc(COOc3ccc4c(c3)C(C)(C)c3cc(OC(=O)c5ccc(OCC6(CC)COC6)cc5)ccc3-4)cc2)COC1. The summed E-state index contributed by atoms with van der Waals surface area (Å²) >= 11 is 0. The zero-order valence-corrected chi connectivity index (χ0v) is 28.7. The van der Waals surface area contributed by atoms with Gasteiger partial charge in [0.25, 0.3) is 0 Å². The molecule has 256 valence electrons. The summed E-state index contributed by atoms with van der Waals surface area (Å²) < 4.78 is 28.6. The predicted octanol–water partition coefficient (Wildman–Crippen LogP) is 8.33. The summed E-state index contributed by atoms with van der Waals surface area (Å²) in [4.78, 5) is 24.4. The van der Waals surface area contributed by atoms with E-state index in [1.807, 2.05) is 66.7 Å². The van der Waals surface area contributed by atoms with Crippen LogP contribution in [0.15, 0.2) is 84.9 Å². The van der Waals surface area contributed by atoms with Crippen LogP contribution in [0.3, 0.4) is 0 Å². The fraction of sp³-hybridized carbons (Fsp3) is 0.390. The molecule has 0 spiro atoms. The van der Waals surface area contributed by atoms with Crippen LogP contribution in [0.5, 0.6) is 23.0 Å². The van der Waals surface area contributed by atoms with E-state index in [2.05, 4.69) is 33.8 Å². The minimum absolute atomic E-state index is 0.0920. The molecule has 8 nitrogen and oxygen atoms in total. The van der Waals surface area contributed by atoms with Crippen molar-refractivity contribution in [2.75, 3.05) is 39.6 Å². The molecule has 0 aromatic heterocycles. The molecule has 0 saturated carbocycles. The molecular weight excluding hydrogens is 620 g/mol. The van der Waals surface area contributed by atoms with Gasteiger partial charge in [0.05, 0.1) is 56.0 Å². The molecular formula is C41H44O8. The second-order valence-corrected chi connectivity index (χ2v) is 14.2. The number of benzene rings is 4. The van der Waals surface area contributed by atoms with Gasteiger partial charge in [0.2, 0.25) is 0 Å². The summed E-state index contributed by atoms with van der Waals surface area (Å²) in [6, 6.07) is 26.8. The molecule has 0 radical (unpaired) electrons. The first-order chi connectivity index (χ1) is 23.7. The highest BCUT2D eigenvalue weighted by Gasteiger charge is 2.39. The average Bonchev–Trinajstić information content (AvgIpc) is 3.30. The van der Waals surface area contributed by atoms with Gasteiger partial charge in [-0.05, 0) is 101 Å². The van der Waals surface area contributed by atoms with Gasteiger partial charge in [0, 0.05) is 5.41 Å². The Balaban J connectivity index is 0.937. The van der Waals surface area contributed by atoms with Gasteiger partial charge < -0.3 is 28.6 Å². The zero-order chi connectivity index (χ0) is 34.1. The van der Waals surface area contributed by atoms with Crippen molar-refractivity contribution in [2.45, 2.75) is 52.6 Å². The van der Waals surface area contributed by atoms with Crippen LogP contribution < -0.4 is 19.1 Å². The Morgan fingerprint density at radius 2 is 1.14 bits per heavy atom. The summed E-state index contributed by atoms with van der Waals surface area (Å²) in [5.41, 5.74) is 5.75. The third-order valence-electron chi connectivity index (χ3n) is 10.4. The standard InChI is InChI=1S/C41H44O8/c1-5-40(22-43-23-40)26-45-30-11-7-28(8-12-30)21-47-49-33-16-18-35-34-17-15-32(19-36(34)39(3,4)37(35)20-33)48-38(42)29-9-13-31(14-10-29)46-27-41(6-2)24-44-25-41/h7-20H,5-6,21-27H2,1-4H3. The maximum Gasteiger partial charge on any atom is 0.343 e. The third kappa shape index (κ3) is 6.78. The van der Waals surface area contributed by atoms with E-state index >= 15 is 0 Å². The van der Waals surface area contributed by atoms with E-state index < -0.39 is 5.97 Å². The highest BCUT2D eigenvalue weighted by Crippen LogP contribution is 2.50. The van der Waals surface area contributed by atoms with E-state index in [0.717, 1.165) is 78.6 Å². The molecule has 0 unspecified atom stereocenters. The Morgan fingerprint density at radius 1 is 0.653 bits per heavy atom. The first-order valence-corrected chi connectivity index (χ1v) is 17.1. The van der Waals surface area contributed by atoms with Crippen molar-refractivity contribution in [3.8, 4) is 34.1 Å². The first kappa shape index (κ1) is 33.1. The Labute approximate surface area is 288 Å². The van der Waals surface area contributed by atoms with Crippen molar-refractivity contribution in [1.82, 2.24) is 0 Å². The molecule has 8 heteroatoms. The predicted molar refractivity (Wildman–Crippen MR) is 185 cm³/mol. The largest absolute Gasteiger partial charge is 0.493 e. The summed E-state index contributed by atoms with van der Waals surface area (Å²) in [5, 5.41) is 0. The fourth-order valence-electron chi connectivity index (χ4n) is 6.55. The minimum Gasteiger partial charge on any atom is -0.493 e. The van der Waals surface area contributed by atoms with Gasteiger partial charge in [-0.1, -0.05) is 52.0 Å². The van der Waals surface area contributed by atoms with E-state index in [9.17, 15) is 4.79 Å². The molecule has 3 aliphatic rings. The summed E-state index contributed by atoms with van der Waals surface area (Å²) in [6.45, 7) is 13.2. The normalized spacial score (nSPS) is 17.6. The number of fused-ring (bicyclic) bond motifs is 3. The van der Waals surface area contributed by atoms with Crippen molar-refractivity contribution in [2.24, 2.45) is 10.8 Å². The van der Waals surface area contributed by atoms with E-state index in [1.165, 1.54) is 0 Å². The lowest BCUT2D eigenvalue weighted by Gasteiger charge is -2.40. The van der Waals surface area contributed by atoms with Crippen molar-refractivity contribution < 1.29 is 38.3 Å². The number of hydrogen-bond acceptors (Lipinski definition) is 8. The number of rotatable bonds is 14. The highest BCUT2D eigenvalue weighted by atomic mass is 17.2. The lowest BCUT2D eigenvalue weighted by atomic mass is 9.82. The number of esters is 1. The minimum atomic E-state index is -0.416. The van der Waals surface area contributed by atoms with Crippen LogP contribution in [0.2, 0.25) is 0 Å². The smallest absolute Gasteiger partial charge is 0.343 e. The third-order valence-corrected chi connectivity index (χ3v) is 10.4.